The minimum atomic E-state index is -1.01. The van der Waals surface area contributed by atoms with Crippen LogP contribution in [-0.2, 0) is 9.59 Å². The Kier molecular flexibility index (Phi) is 2.08. The number of fused-ring (bicyclic) bond motifs is 1. The van der Waals surface area contributed by atoms with Gasteiger partial charge in [0.2, 0.25) is 0 Å². The molecule has 1 heterocycles. The number of nitro benzene ring substituents is 1. The molecule has 0 unspecified atom stereocenters. The van der Waals surface area contributed by atoms with E-state index in [-0.39, 0.29) is 16.4 Å². The van der Waals surface area contributed by atoms with Crippen molar-refractivity contribution in [3.05, 3.63) is 38.5 Å². The highest BCUT2D eigenvalue weighted by molar-refractivity contribution is 6.36. The predicted octanol–water partition coefficient (Wildman–Crippen LogP) is -0.791. The molecule has 0 aromatic heterocycles. The summed E-state index contributed by atoms with van der Waals surface area (Å²) in [6.07, 6.45) is 0. The highest BCUT2D eigenvalue weighted by atomic mass is 16.6. The highest BCUT2D eigenvalue weighted by Crippen LogP contribution is 2.07. The zero-order valence-corrected chi connectivity index (χ0v) is 8.13. The van der Waals surface area contributed by atoms with Crippen LogP contribution in [0.3, 0.4) is 0 Å². The number of aryl methyl sites for hydroxylation is 1. The van der Waals surface area contributed by atoms with E-state index in [1.165, 1.54) is 6.07 Å². The van der Waals surface area contributed by atoms with Crippen LogP contribution in [0, 0.1) is 17.0 Å². The second-order valence-corrected chi connectivity index (χ2v) is 3.22. The SMILES string of the molecule is Cc1cc([N+](=O)[O-])cc2c1=NC(=O)C(=O)N=2. The number of hydrogen-bond acceptors (Lipinski definition) is 4. The molecule has 1 aromatic carbocycles. The molecule has 0 saturated carbocycles. The molecule has 16 heavy (non-hydrogen) atoms. The lowest BCUT2D eigenvalue weighted by molar-refractivity contribution is -0.385. The molecule has 2 amide bonds. The molecule has 80 valence electrons. The fraction of sp³-hybridized carbons (Fsp3) is 0.111. The molecule has 1 aliphatic rings. The molecule has 7 heteroatoms. The molecule has 0 spiro atoms. The van der Waals surface area contributed by atoms with Crippen LogP contribution < -0.4 is 10.7 Å². The average Bonchev–Trinajstić information content (AvgIpc) is 2.20. The normalized spacial score (nSPS) is 13.8. The van der Waals surface area contributed by atoms with Gasteiger partial charge in [-0.25, -0.2) is 9.98 Å². The average molecular weight is 219 g/mol. The van der Waals surface area contributed by atoms with Crippen molar-refractivity contribution in [3.63, 3.8) is 0 Å². The van der Waals surface area contributed by atoms with Gasteiger partial charge in [0.05, 0.1) is 10.3 Å². The van der Waals surface area contributed by atoms with Gasteiger partial charge in [0.1, 0.15) is 5.36 Å². The predicted molar refractivity (Wildman–Crippen MR) is 50.2 cm³/mol. The number of hydrogen-bond donors (Lipinski definition) is 0. The van der Waals surface area contributed by atoms with E-state index in [4.69, 9.17) is 0 Å². The van der Waals surface area contributed by atoms with Crippen LogP contribution in [0.15, 0.2) is 22.1 Å². The van der Waals surface area contributed by atoms with Crippen molar-refractivity contribution in [1.29, 1.82) is 0 Å². The molecule has 1 aromatic rings. The van der Waals surface area contributed by atoms with Crippen molar-refractivity contribution < 1.29 is 14.5 Å². The van der Waals surface area contributed by atoms with Gasteiger partial charge in [0, 0.05) is 12.1 Å². The Balaban J connectivity index is 2.85. The Labute approximate surface area is 88.3 Å². The standard InChI is InChI=1S/C9H5N3O4/c1-4-2-5(12(15)16)3-6-7(4)11-9(14)8(13)10-6/h2-3H,1H3. The highest BCUT2D eigenvalue weighted by Gasteiger charge is 2.18. The Morgan fingerprint density at radius 3 is 2.44 bits per heavy atom. The first kappa shape index (κ1) is 10.1. The minimum Gasteiger partial charge on any atom is -0.261 e. The van der Waals surface area contributed by atoms with E-state index in [1.807, 2.05) is 0 Å². The molecule has 2 rings (SSSR count). The van der Waals surface area contributed by atoms with E-state index < -0.39 is 16.7 Å². The number of carbonyl (C=O) groups is 2. The second kappa shape index (κ2) is 3.30. The number of nitro groups is 1. The van der Waals surface area contributed by atoms with Crippen molar-refractivity contribution in [1.82, 2.24) is 0 Å². The molecule has 0 bridgehead atoms. The lowest BCUT2D eigenvalue weighted by Gasteiger charge is -2.00. The third-order valence-corrected chi connectivity index (χ3v) is 2.09. The first-order valence-corrected chi connectivity index (χ1v) is 4.30. The van der Waals surface area contributed by atoms with Crippen LogP contribution >= 0.6 is 0 Å². The summed E-state index contributed by atoms with van der Waals surface area (Å²) in [5.41, 5.74) is 0.256. The van der Waals surface area contributed by atoms with E-state index in [2.05, 4.69) is 9.98 Å². The quantitative estimate of drug-likeness (QED) is 0.350. The number of nitrogens with zero attached hydrogens (tertiary/aromatic N) is 3. The van der Waals surface area contributed by atoms with Gasteiger partial charge in [-0.1, -0.05) is 0 Å². The van der Waals surface area contributed by atoms with Crippen LogP contribution in [0.2, 0.25) is 0 Å². The first-order chi connectivity index (χ1) is 7.49. The maximum atomic E-state index is 11.0. The summed E-state index contributed by atoms with van der Waals surface area (Å²) in [5.74, 6) is -1.96. The van der Waals surface area contributed by atoms with Crippen LogP contribution in [0.25, 0.3) is 0 Å². The Hall–Kier alpha value is -2.44. The van der Waals surface area contributed by atoms with E-state index >= 15 is 0 Å². The molecular weight excluding hydrogens is 214 g/mol. The van der Waals surface area contributed by atoms with E-state index in [1.54, 1.807) is 6.92 Å². The summed E-state index contributed by atoms with van der Waals surface area (Å²) >= 11 is 0. The number of rotatable bonds is 1. The topological polar surface area (TPSA) is 102 Å². The van der Waals surface area contributed by atoms with Gasteiger partial charge in [0.25, 0.3) is 5.69 Å². The second-order valence-electron chi connectivity index (χ2n) is 3.22. The summed E-state index contributed by atoms with van der Waals surface area (Å²) in [5, 5.41) is 10.9. The van der Waals surface area contributed by atoms with Gasteiger partial charge in [-0.2, -0.15) is 0 Å². The van der Waals surface area contributed by atoms with Crippen molar-refractivity contribution in [2.75, 3.05) is 0 Å². The summed E-state index contributed by atoms with van der Waals surface area (Å²) in [6.45, 7) is 1.56. The first-order valence-electron chi connectivity index (χ1n) is 4.30. The van der Waals surface area contributed by atoms with E-state index in [0.29, 0.717) is 5.56 Å². The maximum absolute atomic E-state index is 11.0. The van der Waals surface area contributed by atoms with E-state index in [0.717, 1.165) is 6.07 Å². The minimum absolute atomic E-state index is 0.0660. The molecule has 0 radical (unpaired) electrons. The van der Waals surface area contributed by atoms with Crippen molar-refractivity contribution >= 4 is 17.5 Å². The fourth-order valence-electron chi connectivity index (χ4n) is 1.38. The van der Waals surface area contributed by atoms with Gasteiger partial charge in [-0.15, -0.1) is 0 Å². The molecule has 0 saturated heterocycles. The van der Waals surface area contributed by atoms with Gasteiger partial charge in [-0.3, -0.25) is 19.7 Å². The third kappa shape index (κ3) is 1.48. The van der Waals surface area contributed by atoms with Gasteiger partial charge < -0.3 is 0 Å². The van der Waals surface area contributed by atoms with Crippen LogP contribution in [0.4, 0.5) is 5.69 Å². The van der Waals surface area contributed by atoms with Crippen LogP contribution in [-0.4, -0.2) is 16.7 Å². The van der Waals surface area contributed by atoms with Gasteiger partial charge in [-0.05, 0) is 12.5 Å². The number of carbonyl (C=O) groups excluding carboxylic acids is 2. The van der Waals surface area contributed by atoms with Gasteiger partial charge in [0.15, 0.2) is 0 Å². The van der Waals surface area contributed by atoms with Crippen molar-refractivity contribution in [2.45, 2.75) is 6.92 Å². The lowest BCUT2D eigenvalue weighted by Crippen LogP contribution is -2.36. The molecule has 0 N–H and O–H groups in total. The van der Waals surface area contributed by atoms with Crippen LogP contribution in [0.5, 0.6) is 0 Å². The smallest absolute Gasteiger partial charge is 0.261 e. The molecule has 0 aliphatic carbocycles. The van der Waals surface area contributed by atoms with Crippen molar-refractivity contribution in [3.8, 4) is 0 Å². The van der Waals surface area contributed by atoms with Gasteiger partial charge >= 0.3 is 11.8 Å². The zero-order chi connectivity index (χ0) is 11.9. The maximum Gasteiger partial charge on any atom is 0.338 e. The Bertz CT molecular complexity index is 647. The molecule has 7 nitrogen and oxygen atoms in total. The Morgan fingerprint density at radius 1 is 1.19 bits per heavy atom. The summed E-state index contributed by atoms with van der Waals surface area (Å²) < 4.78 is 0. The molecular formula is C9H5N3O4. The summed E-state index contributed by atoms with van der Waals surface area (Å²) in [6, 6.07) is 2.40. The molecule has 0 fully saturated rings. The number of amides is 2. The number of non-ortho nitro benzene ring substituents is 1. The van der Waals surface area contributed by atoms with Crippen molar-refractivity contribution in [2.24, 2.45) is 9.98 Å². The zero-order valence-electron chi connectivity index (χ0n) is 8.13. The summed E-state index contributed by atoms with van der Waals surface area (Å²) in [7, 11) is 0. The summed E-state index contributed by atoms with van der Waals surface area (Å²) in [4.78, 5) is 38.9. The Morgan fingerprint density at radius 2 is 1.81 bits per heavy atom. The fourth-order valence-corrected chi connectivity index (χ4v) is 1.38. The molecule has 1 aliphatic heterocycles. The monoisotopic (exact) mass is 219 g/mol. The van der Waals surface area contributed by atoms with E-state index in [9.17, 15) is 19.7 Å². The third-order valence-electron chi connectivity index (χ3n) is 2.09. The largest absolute Gasteiger partial charge is 0.338 e. The lowest BCUT2D eigenvalue weighted by atomic mass is 10.2. The van der Waals surface area contributed by atoms with Crippen LogP contribution in [0.1, 0.15) is 5.56 Å². The molecule has 0 atom stereocenters. The number of benzene rings is 1.